The number of carbonyl (C=O) groups excluding carboxylic acids is 2. The number of nitrogens with zero attached hydrogens (tertiary/aromatic N) is 1. The Labute approximate surface area is 391 Å². The van der Waals surface area contributed by atoms with Crippen LogP contribution in [0.1, 0.15) is 277 Å². The van der Waals surface area contributed by atoms with Crippen molar-refractivity contribution in [2.75, 3.05) is 47.5 Å². The van der Waals surface area contributed by atoms with Gasteiger partial charge in [0, 0.05) is 12.8 Å². The van der Waals surface area contributed by atoms with Crippen molar-refractivity contribution in [1.82, 2.24) is 0 Å². The van der Waals surface area contributed by atoms with Crippen LogP contribution in [0.3, 0.4) is 0 Å². The first kappa shape index (κ1) is 62.0. The minimum atomic E-state index is -4.62. The lowest BCUT2D eigenvalue weighted by atomic mass is 10.0. The first-order valence-corrected chi connectivity index (χ1v) is 28.7. The Kier molecular flexibility index (Phi) is 45.4. The summed E-state index contributed by atoms with van der Waals surface area (Å²) in [5.74, 6) is -0.812. The third-order valence-corrected chi connectivity index (χ3v) is 13.3. The van der Waals surface area contributed by atoms with E-state index in [2.05, 4.69) is 13.8 Å². The van der Waals surface area contributed by atoms with Crippen LogP contribution in [0.4, 0.5) is 0 Å². The molecule has 0 aliphatic heterocycles. The van der Waals surface area contributed by atoms with E-state index >= 15 is 0 Å². The summed E-state index contributed by atoms with van der Waals surface area (Å²) in [4.78, 5) is 37.7. The van der Waals surface area contributed by atoms with Gasteiger partial charge >= 0.3 is 11.9 Å². The number of unbranched alkanes of at least 4 members (excludes halogenated alkanes) is 37. The van der Waals surface area contributed by atoms with Gasteiger partial charge < -0.3 is 27.9 Å². The second kappa shape index (κ2) is 46.1. The zero-order chi connectivity index (χ0) is 46.4. The number of likely N-dealkylation sites (N-methyl/N-ethyl adjacent to an activating group) is 1. The van der Waals surface area contributed by atoms with Crippen molar-refractivity contribution in [3.8, 4) is 0 Å². The highest BCUT2D eigenvalue weighted by Gasteiger charge is 2.22. The van der Waals surface area contributed by atoms with Gasteiger partial charge in [0.25, 0.3) is 7.82 Å². The number of hydrogen-bond donors (Lipinski definition) is 0. The molecule has 0 aliphatic carbocycles. The maximum atomic E-state index is 12.7. The van der Waals surface area contributed by atoms with E-state index < -0.39 is 26.5 Å². The third kappa shape index (κ3) is 50.3. The van der Waals surface area contributed by atoms with Crippen LogP contribution in [0.25, 0.3) is 0 Å². The van der Waals surface area contributed by atoms with E-state index in [4.69, 9.17) is 18.5 Å². The summed E-state index contributed by atoms with van der Waals surface area (Å²) < 4.78 is 34.1. The molecule has 0 aliphatic rings. The lowest BCUT2D eigenvalue weighted by molar-refractivity contribution is -0.870. The molecule has 2 atom stereocenters. The van der Waals surface area contributed by atoms with Gasteiger partial charge in [0.15, 0.2) is 6.10 Å². The van der Waals surface area contributed by atoms with Crippen LogP contribution in [0.15, 0.2) is 0 Å². The average Bonchev–Trinajstić information content (AvgIpc) is 3.24. The van der Waals surface area contributed by atoms with Crippen LogP contribution >= 0.6 is 7.82 Å². The molecular formula is C53H106NO8P. The largest absolute Gasteiger partial charge is 0.756 e. The van der Waals surface area contributed by atoms with E-state index in [1.165, 1.54) is 212 Å². The number of hydrogen-bond acceptors (Lipinski definition) is 8. The molecule has 10 heteroatoms. The minimum absolute atomic E-state index is 0.0253. The van der Waals surface area contributed by atoms with Gasteiger partial charge in [0.2, 0.25) is 0 Å². The smallest absolute Gasteiger partial charge is 0.306 e. The van der Waals surface area contributed by atoms with Crippen molar-refractivity contribution in [1.29, 1.82) is 0 Å². The third-order valence-electron chi connectivity index (χ3n) is 12.4. The lowest BCUT2D eigenvalue weighted by Crippen LogP contribution is -2.37. The molecule has 1 unspecified atom stereocenters. The van der Waals surface area contributed by atoms with Gasteiger partial charge in [-0.3, -0.25) is 14.2 Å². The molecule has 0 heterocycles. The molecule has 0 radical (unpaired) electrons. The summed E-state index contributed by atoms with van der Waals surface area (Å²) in [5, 5.41) is 0. The molecule has 0 N–H and O–H groups in total. The Morgan fingerprint density at radius 3 is 1.02 bits per heavy atom. The SMILES string of the molecule is CCCCCCCCCCCCCCCCCCCCCCCCCC(=O)OC[C@@H](COP(=O)([O-])OCC[N+](C)(C)C)OC(=O)CCCCCCCCCCCCCCCCCC. The summed E-state index contributed by atoms with van der Waals surface area (Å²) in [6, 6.07) is 0. The number of carbonyl (C=O) groups is 2. The molecule has 63 heavy (non-hydrogen) atoms. The van der Waals surface area contributed by atoms with Crippen LogP contribution in [-0.2, 0) is 32.7 Å². The number of phosphoric acid groups is 1. The summed E-state index contributed by atoms with van der Waals surface area (Å²) in [6.07, 6.45) is 49.9. The van der Waals surface area contributed by atoms with Crippen molar-refractivity contribution >= 4 is 19.8 Å². The van der Waals surface area contributed by atoms with E-state index in [9.17, 15) is 19.0 Å². The van der Waals surface area contributed by atoms with Crippen LogP contribution in [-0.4, -0.2) is 70.0 Å². The van der Waals surface area contributed by atoms with Crippen molar-refractivity contribution in [3.05, 3.63) is 0 Å². The van der Waals surface area contributed by atoms with Gasteiger partial charge in [-0.05, 0) is 12.8 Å². The molecule has 0 fully saturated rings. The van der Waals surface area contributed by atoms with Crippen LogP contribution in [0.5, 0.6) is 0 Å². The number of quaternary nitrogens is 1. The van der Waals surface area contributed by atoms with E-state index in [0.29, 0.717) is 17.4 Å². The Morgan fingerprint density at radius 1 is 0.429 bits per heavy atom. The Balaban J connectivity index is 4.12. The van der Waals surface area contributed by atoms with E-state index in [1.807, 2.05) is 21.1 Å². The molecule has 0 rings (SSSR count). The van der Waals surface area contributed by atoms with Gasteiger partial charge in [-0.15, -0.1) is 0 Å². The highest BCUT2D eigenvalue weighted by atomic mass is 31.2. The minimum Gasteiger partial charge on any atom is -0.756 e. The van der Waals surface area contributed by atoms with Gasteiger partial charge in [0.05, 0.1) is 27.7 Å². The molecule has 0 saturated carbocycles. The number of rotatable bonds is 51. The van der Waals surface area contributed by atoms with Gasteiger partial charge in [-0.1, -0.05) is 251 Å². The monoisotopic (exact) mass is 916 g/mol. The first-order valence-electron chi connectivity index (χ1n) is 27.2. The summed E-state index contributed by atoms with van der Waals surface area (Å²) in [6.45, 7) is 4.30. The quantitative estimate of drug-likeness (QED) is 0.0257. The fraction of sp³-hybridized carbons (Fsp3) is 0.962. The van der Waals surface area contributed by atoms with Crippen LogP contribution in [0.2, 0.25) is 0 Å². The first-order chi connectivity index (χ1) is 30.5. The molecule has 376 valence electrons. The second-order valence-electron chi connectivity index (χ2n) is 20.0. The van der Waals surface area contributed by atoms with E-state index in [1.54, 1.807) is 0 Å². The number of phosphoric ester groups is 1. The van der Waals surface area contributed by atoms with E-state index in [0.717, 1.165) is 32.1 Å². The summed E-state index contributed by atoms with van der Waals surface area (Å²) >= 11 is 0. The molecule has 0 saturated heterocycles. The summed E-state index contributed by atoms with van der Waals surface area (Å²) in [5.41, 5.74) is 0. The standard InChI is InChI=1S/C53H106NO8P/c1-6-8-10-12-14-16-18-20-22-24-25-26-27-28-29-30-32-33-35-37-39-41-43-45-52(55)59-49-51(50-61-63(57,58)60-48-47-54(3,4)5)62-53(56)46-44-42-40-38-36-34-31-23-21-19-17-15-13-11-9-7-2/h51H,6-50H2,1-5H3/t51-/m0/s1. The Hall–Kier alpha value is -0.990. The highest BCUT2D eigenvalue weighted by Crippen LogP contribution is 2.38. The normalized spacial score (nSPS) is 13.3. The van der Waals surface area contributed by atoms with Gasteiger partial charge in [-0.2, -0.15) is 0 Å². The molecule has 0 spiro atoms. The zero-order valence-corrected chi connectivity index (χ0v) is 43.5. The van der Waals surface area contributed by atoms with Crippen molar-refractivity contribution in [2.24, 2.45) is 0 Å². The molecular weight excluding hydrogens is 810 g/mol. The topological polar surface area (TPSA) is 111 Å². The van der Waals surface area contributed by atoms with Gasteiger partial charge in [0.1, 0.15) is 19.8 Å². The maximum absolute atomic E-state index is 12.7. The molecule has 9 nitrogen and oxygen atoms in total. The van der Waals surface area contributed by atoms with Crippen LogP contribution < -0.4 is 4.89 Å². The predicted molar refractivity (Wildman–Crippen MR) is 264 cm³/mol. The van der Waals surface area contributed by atoms with Crippen molar-refractivity contribution < 1.29 is 42.1 Å². The molecule has 0 aromatic heterocycles. The maximum Gasteiger partial charge on any atom is 0.306 e. The number of esters is 2. The Morgan fingerprint density at radius 2 is 0.714 bits per heavy atom. The van der Waals surface area contributed by atoms with Crippen molar-refractivity contribution in [2.45, 2.75) is 283 Å². The second-order valence-corrected chi connectivity index (χ2v) is 21.4. The Bertz CT molecular complexity index is 1040. The molecule has 0 aromatic rings. The molecule has 0 aromatic carbocycles. The lowest BCUT2D eigenvalue weighted by Gasteiger charge is -2.28. The number of ether oxygens (including phenoxy) is 2. The predicted octanol–water partition coefficient (Wildman–Crippen LogP) is 15.7. The fourth-order valence-electron chi connectivity index (χ4n) is 8.13. The fourth-order valence-corrected chi connectivity index (χ4v) is 8.86. The van der Waals surface area contributed by atoms with Crippen molar-refractivity contribution in [3.63, 3.8) is 0 Å². The average molecular weight is 916 g/mol. The molecule has 0 bridgehead atoms. The highest BCUT2D eigenvalue weighted by molar-refractivity contribution is 7.45. The van der Waals surface area contributed by atoms with E-state index in [-0.39, 0.29) is 32.0 Å². The zero-order valence-electron chi connectivity index (χ0n) is 42.6. The van der Waals surface area contributed by atoms with Crippen LogP contribution in [0, 0.1) is 0 Å². The molecule has 0 amide bonds. The summed E-state index contributed by atoms with van der Waals surface area (Å²) in [7, 11) is 1.19. The van der Waals surface area contributed by atoms with Gasteiger partial charge in [-0.25, -0.2) is 0 Å².